The maximum absolute atomic E-state index is 14.3. The zero-order chi connectivity index (χ0) is 27.9. The van der Waals surface area contributed by atoms with E-state index in [-0.39, 0.29) is 25.0 Å². The maximum atomic E-state index is 14.3. The second-order valence-corrected chi connectivity index (χ2v) is 9.92. The first-order valence-corrected chi connectivity index (χ1v) is 13.4. The minimum atomic E-state index is -0.895. The third-order valence-electron chi connectivity index (χ3n) is 7.06. The van der Waals surface area contributed by atoms with Gasteiger partial charge >= 0.3 is 6.09 Å². The Labute approximate surface area is 234 Å². The van der Waals surface area contributed by atoms with Gasteiger partial charge in [-0.05, 0) is 59.5 Å². The third kappa shape index (κ3) is 6.68. The highest BCUT2D eigenvalue weighted by atomic mass is 16.5. The molecule has 4 aromatic rings. The Hall–Kier alpha value is -4.62. The summed E-state index contributed by atoms with van der Waals surface area (Å²) < 4.78 is 10.8. The molecule has 3 atom stereocenters. The number of carbonyl (C=O) groups excluding carboxylic acids is 2. The molecule has 1 aliphatic carbocycles. The Morgan fingerprint density at radius 1 is 0.850 bits per heavy atom. The number of methoxy groups -OCH3 is 1. The highest BCUT2D eigenvalue weighted by Gasteiger charge is 2.35. The molecule has 3 N–H and O–H groups in total. The van der Waals surface area contributed by atoms with Crippen LogP contribution in [0.4, 0.5) is 16.2 Å². The van der Waals surface area contributed by atoms with Gasteiger partial charge < -0.3 is 20.5 Å². The van der Waals surface area contributed by atoms with Crippen molar-refractivity contribution in [1.29, 1.82) is 0 Å². The van der Waals surface area contributed by atoms with Crippen LogP contribution in [0.5, 0.6) is 5.75 Å². The van der Waals surface area contributed by atoms with E-state index in [0.717, 1.165) is 23.1 Å². The van der Waals surface area contributed by atoms with Gasteiger partial charge in [0.2, 0.25) is 0 Å². The number of hydrogen-bond acceptors (Lipinski definition) is 5. The number of benzene rings is 4. The number of para-hydroxylation sites is 1. The van der Waals surface area contributed by atoms with E-state index in [1.54, 1.807) is 12.0 Å². The molecule has 1 aliphatic rings. The molecule has 2 amide bonds. The zero-order valence-electron chi connectivity index (χ0n) is 22.4. The van der Waals surface area contributed by atoms with Gasteiger partial charge in [0, 0.05) is 29.8 Å². The highest BCUT2D eigenvalue weighted by molar-refractivity contribution is 6.04. The van der Waals surface area contributed by atoms with Crippen LogP contribution >= 0.6 is 0 Å². The van der Waals surface area contributed by atoms with Crippen molar-refractivity contribution in [3.05, 3.63) is 126 Å². The predicted molar refractivity (Wildman–Crippen MR) is 156 cm³/mol. The van der Waals surface area contributed by atoms with Gasteiger partial charge in [0.1, 0.15) is 18.4 Å². The van der Waals surface area contributed by atoms with Crippen LogP contribution < -0.4 is 20.7 Å². The van der Waals surface area contributed by atoms with Gasteiger partial charge in [-0.1, -0.05) is 72.8 Å². The number of nitrogens with one attached hydrogen (secondary N) is 1. The molecule has 7 nitrogen and oxygen atoms in total. The van der Waals surface area contributed by atoms with E-state index < -0.39 is 12.1 Å². The minimum absolute atomic E-state index is 0.100. The number of ether oxygens (including phenoxy) is 2. The number of amides is 2. The number of hydrogen-bond donors (Lipinski definition) is 2. The van der Waals surface area contributed by atoms with Gasteiger partial charge in [0.05, 0.1) is 7.11 Å². The molecule has 0 aromatic heterocycles. The van der Waals surface area contributed by atoms with Crippen LogP contribution in [-0.2, 0) is 22.6 Å². The lowest BCUT2D eigenvalue weighted by molar-refractivity contribution is -0.119. The molecule has 0 aliphatic heterocycles. The first-order valence-electron chi connectivity index (χ1n) is 13.4. The van der Waals surface area contributed by atoms with Gasteiger partial charge in [0.25, 0.3) is 5.91 Å². The number of nitrogens with zero attached hydrogens (tertiary/aromatic N) is 1. The Morgan fingerprint density at radius 2 is 1.45 bits per heavy atom. The predicted octanol–water partition coefficient (Wildman–Crippen LogP) is 5.71. The lowest BCUT2D eigenvalue weighted by atomic mass is 10.0. The smallest absolute Gasteiger partial charge is 0.408 e. The second kappa shape index (κ2) is 12.5. The van der Waals surface area contributed by atoms with Crippen molar-refractivity contribution in [2.24, 2.45) is 5.73 Å². The fraction of sp³-hybridized carbons (Fsp3) is 0.212. The average Bonchev–Trinajstić information content (AvgIpc) is 3.74. The van der Waals surface area contributed by atoms with E-state index in [2.05, 4.69) is 5.32 Å². The van der Waals surface area contributed by atoms with Crippen LogP contribution in [0, 0.1) is 0 Å². The summed E-state index contributed by atoms with van der Waals surface area (Å²) in [7, 11) is 1.60. The number of nitrogens with two attached hydrogens (primary N) is 1. The van der Waals surface area contributed by atoms with Crippen LogP contribution in [0.15, 0.2) is 109 Å². The van der Waals surface area contributed by atoms with E-state index in [1.165, 1.54) is 0 Å². The molecule has 1 fully saturated rings. The summed E-state index contributed by atoms with van der Waals surface area (Å²) in [6.07, 6.45) is 0.572. The van der Waals surface area contributed by atoms with Crippen molar-refractivity contribution in [1.82, 2.24) is 5.32 Å². The molecule has 0 radical (unpaired) electrons. The third-order valence-corrected chi connectivity index (χ3v) is 7.06. The highest BCUT2D eigenvalue weighted by Crippen LogP contribution is 2.40. The lowest BCUT2D eigenvalue weighted by Gasteiger charge is -2.28. The fourth-order valence-corrected chi connectivity index (χ4v) is 4.71. The summed E-state index contributed by atoms with van der Waals surface area (Å²) in [6, 6.07) is 33.5. The summed E-state index contributed by atoms with van der Waals surface area (Å²) in [5.41, 5.74) is 10.3. The van der Waals surface area contributed by atoms with Crippen molar-refractivity contribution < 1.29 is 19.1 Å². The monoisotopic (exact) mass is 535 g/mol. The van der Waals surface area contributed by atoms with Gasteiger partial charge in [0.15, 0.2) is 0 Å². The molecule has 7 heteroatoms. The quantitative estimate of drug-likeness (QED) is 0.271. The summed E-state index contributed by atoms with van der Waals surface area (Å²) in [4.78, 5) is 28.9. The summed E-state index contributed by atoms with van der Waals surface area (Å²) in [5, 5.41) is 2.83. The van der Waals surface area contributed by atoms with Gasteiger partial charge in [-0.2, -0.15) is 0 Å². The first kappa shape index (κ1) is 27.0. The fourth-order valence-electron chi connectivity index (χ4n) is 4.71. The minimum Gasteiger partial charge on any atom is -0.497 e. The van der Waals surface area contributed by atoms with E-state index >= 15 is 0 Å². The van der Waals surface area contributed by atoms with Gasteiger partial charge in [-0.3, -0.25) is 9.69 Å². The van der Waals surface area contributed by atoms with Crippen LogP contribution in [-0.4, -0.2) is 31.2 Å². The van der Waals surface area contributed by atoms with E-state index in [0.29, 0.717) is 23.0 Å². The Balaban J connectivity index is 1.42. The van der Waals surface area contributed by atoms with Crippen LogP contribution in [0.1, 0.15) is 29.0 Å². The van der Waals surface area contributed by atoms with Gasteiger partial charge in [-0.15, -0.1) is 0 Å². The van der Waals surface area contributed by atoms with Gasteiger partial charge in [-0.25, -0.2) is 4.79 Å². The number of carbonyl (C=O) groups is 2. The topological polar surface area (TPSA) is 93.9 Å². The summed E-state index contributed by atoms with van der Waals surface area (Å²) in [6.45, 7) is 0.100. The van der Waals surface area contributed by atoms with Crippen molar-refractivity contribution in [2.75, 3.05) is 12.0 Å². The van der Waals surface area contributed by atoms with Crippen molar-refractivity contribution in [3.63, 3.8) is 0 Å². The van der Waals surface area contributed by atoms with Crippen LogP contribution in [0.3, 0.4) is 0 Å². The van der Waals surface area contributed by atoms with Crippen molar-refractivity contribution in [3.8, 4) is 5.75 Å². The molecule has 0 spiro atoms. The first-order chi connectivity index (χ1) is 19.5. The molecule has 0 heterocycles. The van der Waals surface area contributed by atoms with Crippen LogP contribution in [0.25, 0.3) is 0 Å². The molecule has 3 unspecified atom stereocenters. The van der Waals surface area contributed by atoms with E-state index in [1.807, 2.05) is 109 Å². The van der Waals surface area contributed by atoms with Crippen LogP contribution in [0.2, 0.25) is 0 Å². The van der Waals surface area contributed by atoms with Crippen molar-refractivity contribution >= 4 is 23.4 Å². The average molecular weight is 536 g/mol. The zero-order valence-corrected chi connectivity index (χ0v) is 22.4. The standard InChI is InChI=1S/C33H33N3O4/c1-39-28-18-12-23(13-19-28)20-31(35-33(38)40-22-24-8-4-2-5-9-24)32(37)36(26-10-6-3-7-11-26)27-16-14-25(15-17-27)29-21-30(29)34/h2-19,29-31H,20-22,34H2,1H3,(H,35,38). The lowest BCUT2D eigenvalue weighted by Crippen LogP contribution is -2.48. The Bertz CT molecular complexity index is 1410. The normalized spacial score (nSPS) is 16.4. The molecule has 40 heavy (non-hydrogen) atoms. The molecule has 4 aromatic carbocycles. The van der Waals surface area contributed by atoms with E-state index in [9.17, 15) is 9.59 Å². The molecule has 0 saturated heterocycles. The number of anilines is 2. The summed E-state index contributed by atoms with van der Waals surface area (Å²) in [5.74, 6) is 0.789. The molecular formula is C33H33N3O4. The molecule has 204 valence electrons. The summed E-state index contributed by atoms with van der Waals surface area (Å²) >= 11 is 0. The maximum Gasteiger partial charge on any atom is 0.408 e. The molecular weight excluding hydrogens is 502 g/mol. The van der Waals surface area contributed by atoms with Crippen molar-refractivity contribution in [2.45, 2.75) is 37.5 Å². The second-order valence-electron chi connectivity index (χ2n) is 9.92. The number of rotatable bonds is 10. The molecule has 0 bridgehead atoms. The molecule has 5 rings (SSSR count). The van der Waals surface area contributed by atoms with E-state index in [4.69, 9.17) is 15.2 Å². The number of alkyl carbamates (subject to hydrolysis) is 1. The Morgan fingerprint density at radius 3 is 2.05 bits per heavy atom. The SMILES string of the molecule is COc1ccc(CC(NC(=O)OCc2ccccc2)C(=O)N(c2ccccc2)c2ccc(C3CC3N)cc2)cc1. The Kier molecular flexibility index (Phi) is 8.42. The largest absolute Gasteiger partial charge is 0.497 e. The molecule has 1 saturated carbocycles.